The number of nitrogens with zero attached hydrogens (tertiary/aromatic N) is 2. The van der Waals surface area contributed by atoms with E-state index in [9.17, 15) is 18.8 Å². The lowest BCUT2D eigenvalue weighted by Gasteiger charge is -2.34. The normalized spacial score (nSPS) is 20.2. The third kappa shape index (κ3) is 3.61. The summed E-state index contributed by atoms with van der Waals surface area (Å²) in [5.74, 6) is -0.196. The largest absolute Gasteiger partial charge is 0.338 e. The molecule has 138 valence electrons. The topological polar surface area (TPSA) is 75.2 Å². The third-order valence-electron chi connectivity index (χ3n) is 4.73. The second-order valence-electron chi connectivity index (χ2n) is 7.15. The van der Waals surface area contributed by atoms with Crippen LogP contribution in [0.1, 0.15) is 36.2 Å². The first-order chi connectivity index (χ1) is 12.4. The lowest BCUT2D eigenvalue weighted by atomic mass is 9.91. The molecule has 26 heavy (non-hydrogen) atoms. The number of aromatic nitrogens is 2. The maximum atomic E-state index is 13.9. The number of benzene rings is 1. The maximum absolute atomic E-state index is 13.9. The van der Waals surface area contributed by atoms with Gasteiger partial charge >= 0.3 is 5.69 Å². The highest BCUT2D eigenvalue weighted by Gasteiger charge is 2.28. The number of hydrogen-bond acceptors (Lipinski definition) is 3. The monoisotopic (exact) mass is 359 g/mol. The summed E-state index contributed by atoms with van der Waals surface area (Å²) >= 11 is 0. The van der Waals surface area contributed by atoms with Gasteiger partial charge in [-0.1, -0.05) is 32.0 Å². The summed E-state index contributed by atoms with van der Waals surface area (Å²) in [5.41, 5.74) is -1.25. The molecule has 7 heteroatoms. The number of halogens is 1. The number of H-pyrrole nitrogens is 1. The van der Waals surface area contributed by atoms with E-state index in [0.29, 0.717) is 24.9 Å². The van der Waals surface area contributed by atoms with Crippen LogP contribution in [-0.4, -0.2) is 33.4 Å². The first-order valence-corrected chi connectivity index (χ1v) is 8.72. The van der Waals surface area contributed by atoms with Crippen LogP contribution in [0, 0.1) is 17.7 Å². The Balaban J connectivity index is 1.95. The van der Waals surface area contributed by atoms with Crippen molar-refractivity contribution in [1.82, 2.24) is 14.5 Å². The number of hydrogen-bond donors (Lipinski definition) is 1. The highest BCUT2D eigenvalue weighted by atomic mass is 19.1. The van der Waals surface area contributed by atoms with E-state index in [1.54, 1.807) is 11.0 Å². The van der Waals surface area contributed by atoms with Crippen molar-refractivity contribution in [3.8, 4) is 0 Å². The summed E-state index contributed by atoms with van der Waals surface area (Å²) in [7, 11) is 0. The van der Waals surface area contributed by atoms with Crippen LogP contribution in [0.2, 0.25) is 0 Å². The Labute approximate surface area is 150 Å². The van der Waals surface area contributed by atoms with E-state index in [4.69, 9.17) is 0 Å². The van der Waals surface area contributed by atoms with Crippen molar-refractivity contribution in [2.24, 2.45) is 11.8 Å². The molecule has 0 spiro atoms. The van der Waals surface area contributed by atoms with Gasteiger partial charge in [0.05, 0.1) is 6.54 Å². The molecule has 1 fully saturated rings. The average Bonchev–Trinajstić information content (AvgIpc) is 2.59. The number of piperidine rings is 1. The highest BCUT2D eigenvalue weighted by molar-refractivity contribution is 5.93. The van der Waals surface area contributed by atoms with Crippen LogP contribution < -0.4 is 11.2 Å². The first kappa shape index (κ1) is 18.1. The average molecular weight is 359 g/mol. The summed E-state index contributed by atoms with van der Waals surface area (Å²) < 4.78 is 14.7. The Morgan fingerprint density at radius 2 is 1.85 bits per heavy atom. The molecule has 3 rings (SSSR count). The van der Waals surface area contributed by atoms with Crippen molar-refractivity contribution in [3.05, 3.63) is 68.2 Å². The zero-order valence-electron chi connectivity index (χ0n) is 14.9. The number of carbonyl (C=O) groups is 1. The Kier molecular flexibility index (Phi) is 5.06. The fraction of sp³-hybridized carbons (Fsp3) is 0.421. The van der Waals surface area contributed by atoms with Gasteiger partial charge in [-0.3, -0.25) is 14.2 Å². The van der Waals surface area contributed by atoms with Gasteiger partial charge in [0.25, 0.3) is 11.5 Å². The van der Waals surface area contributed by atoms with Crippen LogP contribution >= 0.6 is 0 Å². The van der Waals surface area contributed by atoms with Crippen LogP contribution in [0.5, 0.6) is 0 Å². The summed E-state index contributed by atoms with van der Waals surface area (Å²) in [6.45, 7) is 5.07. The van der Waals surface area contributed by atoms with Gasteiger partial charge in [0.15, 0.2) is 0 Å². The van der Waals surface area contributed by atoms with Crippen molar-refractivity contribution in [2.45, 2.75) is 26.8 Å². The highest BCUT2D eigenvalue weighted by Crippen LogP contribution is 2.21. The Hall–Kier alpha value is -2.70. The Bertz CT molecular complexity index is 924. The van der Waals surface area contributed by atoms with Gasteiger partial charge in [0, 0.05) is 24.8 Å². The zero-order valence-corrected chi connectivity index (χ0v) is 14.9. The van der Waals surface area contributed by atoms with E-state index < -0.39 is 23.0 Å². The predicted octanol–water partition coefficient (Wildman–Crippen LogP) is 1.84. The molecular formula is C19H22FN3O3. The van der Waals surface area contributed by atoms with Crippen molar-refractivity contribution in [3.63, 3.8) is 0 Å². The maximum Gasteiger partial charge on any atom is 0.328 e. The van der Waals surface area contributed by atoms with Gasteiger partial charge in [-0.15, -0.1) is 0 Å². The minimum absolute atomic E-state index is 0.0951. The molecule has 1 aromatic heterocycles. The van der Waals surface area contributed by atoms with Gasteiger partial charge in [0.1, 0.15) is 11.4 Å². The van der Waals surface area contributed by atoms with Crippen LogP contribution in [0.15, 0.2) is 40.1 Å². The minimum atomic E-state index is -0.701. The van der Waals surface area contributed by atoms with E-state index in [-0.39, 0.29) is 17.7 Å². The van der Waals surface area contributed by atoms with Gasteiger partial charge in [-0.05, 0) is 24.3 Å². The fourth-order valence-corrected chi connectivity index (χ4v) is 3.60. The molecule has 1 aliphatic heterocycles. The molecule has 0 aliphatic carbocycles. The molecule has 2 unspecified atom stereocenters. The van der Waals surface area contributed by atoms with E-state index >= 15 is 0 Å². The summed E-state index contributed by atoms with van der Waals surface area (Å²) in [5, 5.41) is 0. The second-order valence-corrected chi connectivity index (χ2v) is 7.15. The molecule has 1 amide bonds. The third-order valence-corrected chi connectivity index (χ3v) is 4.73. The zero-order chi connectivity index (χ0) is 18.8. The number of rotatable bonds is 3. The van der Waals surface area contributed by atoms with Crippen molar-refractivity contribution in [2.75, 3.05) is 13.1 Å². The van der Waals surface area contributed by atoms with Crippen molar-refractivity contribution < 1.29 is 9.18 Å². The van der Waals surface area contributed by atoms with Gasteiger partial charge < -0.3 is 9.88 Å². The predicted molar refractivity (Wildman–Crippen MR) is 95.7 cm³/mol. The van der Waals surface area contributed by atoms with Crippen LogP contribution in [-0.2, 0) is 6.54 Å². The molecule has 1 aromatic carbocycles. The number of nitrogens with one attached hydrogen (secondary N) is 1. The first-order valence-electron chi connectivity index (χ1n) is 8.72. The lowest BCUT2D eigenvalue weighted by Crippen LogP contribution is -2.46. The van der Waals surface area contributed by atoms with E-state index in [0.717, 1.165) is 17.2 Å². The molecule has 1 aliphatic rings. The second kappa shape index (κ2) is 7.27. The van der Waals surface area contributed by atoms with E-state index in [1.165, 1.54) is 18.2 Å². The molecule has 0 radical (unpaired) electrons. The molecule has 2 heterocycles. The Morgan fingerprint density at radius 1 is 1.19 bits per heavy atom. The van der Waals surface area contributed by atoms with Gasteiger partial charge in [-0.25, -0.2) is 9.18 Å². The standard InChI is InChI=1S/C19H22FN3O3/c1-12-7-13(2)10-22(9-12)17(24)15-8-21-19(26)23(18(15)25)11-14-5-3-4-6-16(14)20/h3-6,8,12-13H,7,9-11H2,1-2H3,(H,21,26). The van der Waals surface area contributed by atoms with Crippen LogP contribution in [0.4, 0.5) is 4.39 Å². The van der Waals surface area contributed by atoms with Crippen LogP contribution in [0.25, 0.3) is 0 Å². The lowest BCUT2D eigenvalue weighted by molar-refractivity contribution is 0.0620. The molecular weight excluding hydrogens is 337 g/mol. The fourth-order valence-electron chi connectivity index (χ4n) is 3.60. The Morgan fingerprint density at radius 3 is 2.50 bits per heavy atom. The van der Waals surface area contributed by atoms with Crippen molar-refractivity contribution in [1.29, 1.82) is 0 Å². The molecule has 2 aromatic rings. The molecule has 1 N–H and O–H groups in total. The number of amides is 1. The molecule has 6 nitrogen and oxygen atoms in total. The summed E-state index contributed by atoms with van der Waals surface area (Å²) in [4.78, 5) is 41.7. The van der Waals surface area contributed by atoms with E-state index in [2.05, 4.69) is 18.8 Å². The number of carbonyl (C=O) groups excluding carboxylic acids is 1. The smallest absolute Gasteiger partial charge is 0.328 e. The molecule has 0 saturated carbocycles. The SMILES string of the molecule is CC1CC(C)CN(C(=O)c2c[nH]c(=O)n(Cc3ccccc3F)c2=O)C1. The summed E-state index contributed by atoms with van der Waals surface area (Å²) in [6.07, 6.45) is 2.20. The van der Waals surface area contributed by atoms with Gasteiger partial charge in [-0.2, -0.15) is 0 Å². The minimum Gasteiger partial charge on any atom is -0.338 e. The van der Waals surface area contributed by atoms with Crippen molar-refractivity contribution >= 4 is 5.91 Å². The number of likely N-dealkylation sites (tertiary alicyclic amines) is 1. The quantitative estimate of drug-likeness (QED) is 0.909. The molecule has 0 bridgehead atoms. The molecule has 1 saturated heterocycles. The van der Waals surface area contributed by atoms with Gasteiger partial charge in [0.2, 0.25) is 0 Å². The van der Waals surface area contributed by atoms with E-state index in [1.807, 2.05) is 0 Å². The molecule has 2 atom stereocenters. The number of aromatic amines is 1. The summed E-state index contributed by atoms with van der Waals surface area (Å²) in [6, 6.07) is 5.93. The van der Waals surface area contributed by atoms with Crippen LogP contribution in [0.3, 0.4) is 0 Å².